The summed E-state index contributed by atoms with van der Waals surface area (Å²) in [4.78, 5) is 0. The van der Waals surface area contributed by atoms with Gasteiger partial charge in [-0.15, -0.1) is 0 Å². The molecule has 0 heterocycles. The number of fused-ring (bicyclic) bond motifs is 5. The minimum Gasteiger partial charge on any atom is -0.0622 e. The van der Waals surface area contributed by atoms with Crippen LogP contribution < -0.4 is 0 Å². The van der Waals surface area contributed by atoms with Gasteiger partial charge in [0, 0.05) is 0 Å². The van der Waals surface area contributed by atoms with Crippen molar-refractivity contribution in [2.24, 2.45) is 0 Å². The first-order chi connectivity index (χ1) is 25.3. The van der Waals surface area contributed by atoms with Gasteiger partial charge < -0.3 is 0 Å². The first kappa shape index (κ1) is 29.4. The predicted molar refractivity (Wildman–Crippen MR) is 217 cm³/mol. The van der Waals surface area contributed by atoms with Crippen LogP contribution in [0.1, 0.15) is 11.1 Å². The van der Waals surface area contributed by atoms with Crippen molar-refractivity contribution in [3.63, 3.8) is 0 Å². The highest BCUT2D eigenvalue weighted by Gasteiger charge is 2.21. The predicted octanol–water partition coefficient (Wildman–Crippen LogP) is 13.9. The fourth-order valence-corrected chi connectivity index (χ4v) is 8.27. The maximum absolute atomic E-state index is 2.44. The summed E-state index contributed by atoms with van der Waals surface area (Å²) >= 11 is 0. The molecular weight excluding hydrogens is 613 g/mol. The molecule has 51 heavy (non-hydrogen) atoms. The summed E-state index contributed by atoms with van der Waals surface area (Å²) in [5, 5.41) is 5.13. The molecule has 0 nitrogen and oxygen atoms in total. The Bertz CT molecular complexity index is 2620. The van der Waals surface area contributed by atoms with Crippen LogP contribution in [0.15, 0.2) is 194 Å². The fraction of sp³-hybridized carbons (Fsp3) is 0.0196. The summed E-state index contributed by atoms with van der Waals surface area (Å²) in [6.07, 6.45) is 0.987. The largest absolute Gasteiger partial charge is 0.0622 e. The topological polar surface area (TPSA) is 0 Å². The molecule has 9 aromatic rings. The molecule has 1 aliphatic rings. The Morgan fingerprint density at radius 3 is 1.18 bits per heavy atom. The van der Waals surface area contributed by atoms with Crippen LogP contribution in [0.5, 0.6) is 0 Å². The molecule has 10 rings (SSSR count). The molecule has 0 saturated heterocycles. The first-order valence-corrected chi connectivity index (χ1v) is 17.8. The summed E-state index contributed by atoms with van der Waals surface area (Å²) in [5.74, 6) is 0. The quantitative estimate of drug-likeness (QED) is 0.163. The maximum Gasteiger partial charge on any atom is -0.00132 e. The highest BCUT2D eigenvalue weighted by atomic mass is 14.2. The van der Waals surface area contributed by atoms with E-state index < -0.39 is 0 Å². The molecule has 0 aromatic heterocycles. The molecule has 238 valence electrons. The van der Waals surface area contributed by atoms with Crippen LogP contribution in [0.3, 0.4) is 0 Å². The third-order valence-electron chi connectivity index (χ3n) is 10.7. The number of hydrogen-bond acceptors (Lipinski definition) is 0. The summed E-state index contributed by atoms with van der Waals surface area (Å²) in [6.45, 7) is 0. The Hall–Kier alpha value is -6.50. The van der Waals surface area contributed by atoms with Gasteiger partial charge in [0.05, 0.1) is 0 Å². The summed E-state index contributed by atoms with van der Waals surface area (Å²) < 4.78 is 0. The van der Waals surface area contributed by atoms with Crippen LogP contribution in [0, 0.1) is 0 Å². The average Bonchev–Trinajstić information content (AvgIpc) is 3.58. The maximum atomic E-state index is 2.44. The van der Waals surface area contributed by atoms with E-state index in [-0.39, 0.29) is 0 Å². The van der Waals surface area contributed by atoms with Crippen molar-refractivity contribution in [1.82, 2.24) is 0 Å². The van der Waals surface area contributed by atoms with Crippen LogP contribution in [0.25, 0.3) is 88.3 Å². The van der Waals surface area contributed by atoms with Gasteiger partial charge in [-0.1, -0.05) is 176 Å². The van der Waals surface area contributed by atoms with Gasteiger partial charge in [0.1, 0.15) is 0 Å². The zero-order chi connectivity index (χ0) is 33.7. The first-order valence-electron chi connectivity index (χ1n) is 17.8. The highest BCUT2D eigenvalue weighted by Crippen LogP contribution is 2.46. The molecule has 0 heteroatoms. The Morgan fingerprint density at radius 2 is 0.627 bits per heavy atom. The normalized spacial score (nSPS) is 11.8. The van der Waals surface area contributed by atoms with Gasteiger partial charge in [-0.3, -0.25) is 0 Å². The minimum absolute atomic E-state index is 0.987. The number of hydrogen-bond donors (Lipinski definition) is 0. The van der Waals surface area contributed by atoms with E-state index in [4.69, 9.17) is 0 Å². The molecule has 0 spiro atoms. The Labute approximate surface area is 298 Å². The molecule has 0 aliphatic heterocycles. The van der Waals surface area contributed by atoms with Crippen molar-refractivity contribution < 1.29 is 0 Å². The van der Waals surface area contributed by atoms with Crippen molar-refractivity contribution in [1.29, 1.82) is 0 Å². The van der Waals surface area contributed by atoms with Gasteiger partial charge in [0.15, 0.2) is 0 Å². The van der Waals surface area contributed by atoms with Gasteiger partial charge in [-0.05, 0) is 124 Å². The van der Waals surface area contributed by atoms with Crippen LogP contribution in [-0.2, 0) is 6.42 Å². The van der Waals surface area contributed by atoms with E-state index in [0.29, 0.717) is 0 Å². The van der Waals surface area contributed by atoms with Crippen LogP contribution in [-0.4, -0.2) is 0 Å². The van der Waals surface area contributed by atoms with E-state index >= 15 is 0 Å². The Morgan fingerprint density at radius 1 is 0.235 bits per heavy atom. The lowest BCUT2D eigenvalue weighted by Gasteiger charge is -2.18. The summed E-state index contributed by atoms with van der Waals surface area (Å²) in [6, 6.07) is 71.4. The van der Waals surface area contributed by atoms with E-state index in [1.807, 2.05) is 0 Å². The van der Waals surface area contributed by atoms with Gasteiger partial charge >= 0.3 is 0 Å². The second kappa shape index (κ2) is 12.1. The smallest absolute Gasteiger partial charge is 0.00132 e. The average molecular weight is 647 g/mol. The molecule has 1 aliphatic carbocycles. The van der Waals surface area contributed by atoms with E-state index in [2.05, 4.69) is 194 Å². The number of benzene rings is 9. The zero-order valence-electron chi connectivity index (χ0n) is 28.2. The van der Waals surface area contributed by atoms with Crippen molar-refractivity contribution in [2.45, 2.75) is 6.42 Å². The monoisotopic (exact) mass is 646 g/mol. The zero-order valence-corrected chi connectivity index (χ0v) is 28.2. The molecule has 0 fully saturated rings. The van der Waals surface area contributed by atoms with E-state index in [9.17, 15) is 0 Å². The second-order valence-electron chi connectivity index (χ2n) is 13.7. The third-order valence-corrected chi connectivity index (χ3v) is 10.7. The van der Waals surface area contributed by atoms with Gasteiger partial charge in [0.2, 0.25) is 0 Å². The Kier molecular flexibility index (Phi) is 6.99. The van der Waals surface area contributed by atoms with Crippen LogP contribution >= 0.6 is 0 Å². The molecule has 0 saturated carbocycles. The molecule has 0 radical (unpaired) electrons. The van der Waals surface area contributed by atoms with Gasteiger partial charge in [-0.25, -0.2) is 0 Å². The fourth-order valence-electron chi connectivity index (χ4n) is 8.27. The molecule has 0 unspecified atom stereocenters. The molecule has 0 amide bonds. The van der Waals surface area contributed by atoms with Crippen molar-refractivity contribution in [2.75, 3.05) is 0 Å². The third kappa shape index (κ3) is 5.07. The highest BCUT2D eigenvalue weighted by molar-refractivity contribution is 6.21. The lowest BCUT2D eigenvalue weighted by molar-refractivity contribution is 1.26. The minimum atomic E-state index is 0.987. The van der Waals surface area contributed by atoms with Gasteiger partial charge in [-0.2, -0.15) is 0 Å². The van der Waals surface area contributed by atoms with Crippen molar-refractivity contribution in [3.8, 4) is 66.8 Å². The number of rotatable bonds is 5. The standard InChI is InChI=1S/C51H34/c1-3-13-34(14-4-1)40-31-41(35-15-5-2-6-16-35)33-42(32-40)36-23-25-37(26-24-36)50-46-19-9-11-21-48(46)51(49-22-12-10-20-47(49)50)39-27-28-45-43(30-39)29-38-17-7-8-18-44(38)45/h1-28,30-33H,29H2. The molecular formula is C51H34. The van der Waals surface area contributed by atoms with E-state index in [1.165, 1.54) is 99.4 Å². The van der Waals surface area contributed by atoms with Crippen LogP contribution in [0.4, 0.5) is 0 Å². The summed E-state index contributed by atoms with van der Waals surface area (Å²) in [7, 11) is 0. The molecule has 9 aromatic carbocycles. The molecule has 0 N–H and O–H groups in total. The van der Waals surface area contributed by atoms with E-state index in [1.54, 1.807) is 0 Å². The summed E-state index contributed by atoms with van der Waals surface area (Å²) in [5.41, 5.74) is 18.0. The van der Waals surface area contributed by atoms with E-state index in [0.717, 1.165) is 6.42 Å². The Balaban J connectivity index is 1.11. The van der Waals surface area contributed by atoms with Gasteiger partial charge in [0.25, 0.3) is 0 Å². The van der Waals surface area contributed by atoms with Crippen molar-refractivity contribution in [3.05, 3.63) is 205 Å². The van der Waals surface area contributed by atoms with Crippen LogP contribution in [0.2, 0.25) is 0 Å². The molecule has 0 atom stereocenters. The lowest BCUT2D eigenvalue weighted by atomic mass is 9.85. The lowest BCUT2D eigenvalue weighted by Crippen LogP contribution is -1.92. The molecule has 0 bridgehead atoms. The second-order valence-corrected chi connectivity index (χ2v) is 13.7. The van der Waals surface area contributed by atoms with Crippen molar-refractivity contribution >= 4 is 21.5 Å². The SMILES string of the molecule is c1ccc(-c2cc(-c3ccccc3)cc(-c3ccc(-c4c5ccccc5c(-c5ccc6c(c5)Cc5ccccc5-6)c5ccccc45)cc3)c2)cc1.